The molecule has 0 spiro atoms. The summed E-state index contributed by atoms with van der Waals surface area (Å²) in [6.07, 6.45) is 0. The molecule has 1 unspecified atom stereocenters. The Morgan fingerprint density at radius 2 is 1.72 bits per heavy atom. The van der Waals surface area contributed by atoms with Crippen molar-refractivity contribution in [2.75, 3.05) is 5.32 Å². The zero-order valence-corrected chi connectivity index (χ0v) is 12.1. The summed E-state index contributed by atoms with van der Waals surface area (Å²) in [7, 11) is 0. The first-order chi connectivity index (χ1) is 8.21. The number of amides is 1. The molecule has 0 aliphatic heterocycles. The summed E-state index contributed by atoms with van der Waals surface area (Å²) >= 11 is 3.29. The van der Waals surface area contributed by atoms with Gasteiger partial charge in [-0.3, -0.25) is 9.59 Å². The molecule has 98 valence electrons. The second kappa shape index (κ2) is 5.52. The van der Waals surface area contributed by atoms with Gasteiger partial charge in [0.05, 0.1) is 0 Å². The van der Waals surface area contributed by atoms with Gasteiger partial charge in [-0.2, -0.15) is 0 Å². The smallest absolute Gasteiger partial charge is 0.316 e. The molecular weight excluding hydrogens is 298 g/mol. The van der Waals surface area contributed by atoms with E-state index in [0.29, 0.717) is 5.69 Å². The number of benzene rings is 1. The number of rotatable bonds is 3. The Labute approximate surface area is 115 Å². The maximum atomic E-state index is 12.0. The highest BCUT2D eigenvalue weighted by molar-refractivity contribution is 9.10. The SMILES string of the molecule is CC(C)(C)C(C(=O)O)C(=O)Nc1ccc(Br)cc1. The van der Waals surface area contributed by atoms with Gasteiger partial charge in [-0.15, -0.1) is 0 Å². The number of carbonyl (C=O) groups excluding carboxylic acids is 1. The first-order valence-corrected chi connectivity index (χ1v) is 6.30. The van der Waals surface area contributed by atoms with Crippen LogP contribution in [0.4, 0.5) is 5.69 Å². The number of carboxylic acids is 1. The molecule has 0 aliphatic rings. The fourth-order valence-corrected chi connectivity index (χ4v) is 1.89. The van der Waals surface area contributed by atoms with E-state index in [4.69, 9.17) is 5.11 Å². The van der Waals surface area contributed by atoms with Crippen molar-refractivity contribution in [3.05, 3.63) is 28.7 Å². The molecule has 0 bridgehead atoms. The third-order valence-electron chi connectivity index (χ3n) is 2.49. The van der Waals surface area contributed by atoms with Gasteiger partial charge < -0.3 is 10.4 Å². The number of carbonyl (C=O) groups is 2. The Bertz CT molecular complexity index is 448. The van der Waals surface area contributed by atoms with Crippen LogP contribution >= 0.6 is 15.9 Å². The standard InChI is InChI=1S/C13H16BrNO3/c1-13(2,3)10(12(17)18)11(16)15-9-6-4-8(14)5-7-9/h4-7,10H,1-3H3,(H,15,16)(H,17,18). The lowest BCUT2D eigenvalue weighted by Gasteiger charge is -2.25. The molecule has 5 heteroatoms. The van der Waals surface area contributed by atoms with Crippen molar-refractivity contribution < 1.29 is 14.7 Å². The molecule has 1 atom stereocenters. The van der Waals surface area contributed by atoms with Gasteiger partial charge in [0.2, 0.25) is 5.91 Å². The Balaban J connectivity index is 2.86. The predicted molar refractivity (Wildman–Crippen MR) is 73.4 cm³/mol. The zero-order valence-electron chi connectivity index (χ0n) is 10.5. The number of hydrogen-bond donors (Lipinski definition) is 2. The normalized spacial score (nSPS) is 12.9. The Kier molecular flexibility index (Phi) is 4.51. The first-order valence-electron chi connectivity index (χ1n) is 5.51. The van der Waals surface area contributed by atoms with Crippen molar-refractivity contribution in [2.24, 2.45) is 11.3 Å². The van der Waals surface area contributed by atoms with E-state index >= 15 is 0 Å². The molecule has 0 fully saturated rings. The molecule has 0 saturated carbocycles. The molecule has 0 saturated heterocycles. The van der Waals surface area contributed by atoms with E-state index in [1.54, 1.807) is 45.0 Å². The van der Waals surface area contributed by atoms with Crippen LogP contribution in [0.3, 0.4) is 0 Å². The molecule has 0 aromatic heterocycles. The van der Waals surface area contributed by atoms with E-state index in [2.05, 4.69) is 21.2 Å². The maximum Gasteiger partial charge on any atom is 0.316 e. The number of nitrogens with one attached hydrogen (secondary N) is 1. The Morgan fingerprint density at radius 1 is 1.22 bits per heavy atom. The summed E-state index contributed by atoms with van der Waals surface area (Å²) in [5.41, 5.74) is -0.0515. The lowest BCUT2D eigenvalue weighted by atomic mass is 9.80. The van der Waals surface area contributed by atoms with Gasteiger partial charge in [0.15, 0.2) is 0 Å². The van der Waals surface area contributed by atoms with Gasteiger partial charge in [0.1, 0.15) is 5.92 Å². The van der Waals surface area contributed by atoms with Crippen molar-refractivity contribution in [1.82, 2.24) is 0 Å². The average Bonchev–Trinajstić information content (AvgIpc) is 2.18. The summed E-state index contributed by atoms with van der Waals surface area (Å²) < 4.78 is 0.895. The molecule has 18 heavy (non-hydrogen) atoms. The van der Waals surface area contributed by atoms with Crippen LogP contribution in [0.1, 0.15) is 20.8 Å². The molecule has 1 rings (SSSR count). The van der Waals surface area contributed by atoms with Gasteiger partial charge in [-0.05, 0) is 29.7 Å². The second-order valence-corrected chi connectivity index (χ2v) is 6.05. The molecule has 1 amide bonds. The van der Waals surface area contributed by atoms with Gasteiger partial charge in [-0.1, -0.05) is 36.7 Å². The lowest BCUT2D eigenvalue weighted by molar-refractivity contribution is -0.149. The van der Waals surface area contributed by atoms with Crippen molar-refractivity contribution in [3.8, 4) is 0 Å². The van der Waals surface area contributed by atoms with Crippen LogP contribution in [0.5, 0.6) is 0 Å². The van der Waals surface area contributed by atoms with E-state index in [9.17, 15) is 9.59 Å². The van der Waals surface area contributed by atoms with Crippen LogP contribution in [0.25, 0.3) is 0 Å². The van der Waals surface area contributed by atoms with Gasteiger partial charge >= 0.3 is 5.97 Å². The van der Waals surface area contributed by atoms with Crippen LogP contribution in [0, 0.1) is 11.3 Å². The predicted octanol–water partition coefficient (Wildman–Crippen LogP) is 3.13. The van der Waals surface area contributed by atoms with Crippen LogP contribution < -0.4 is 5.32 Å². The Morgan fingerprint density at radius 3 is 2.11 bits per heavy atom. The Hall–Kier alpha value is -1.36. The highest BCUT2D eigenvalue weighted by Gasteiger charge is 2.37. The largest absolute Gasteiger partial charge is 0.481 e. The van der Waals surface area contributed by atoms with Crippen molar-refractivity contribution in [1.29, 1.82) is 0 Å². The minimum absolute atomic E-state index is 0.502. The lowest BCUT2D eigenvalue weighted by Crippen LogP contribution is -2.39. The van der Waals surface area contributed by atoms with Crippen LogP contribution in [-0.4, -0.2) is 17.0 Å². The molecule has 0 aliphatic carbocycles. The molecular formula is C13H16BrNO3. The molecule has 2 N–H and O–H groups in total. The molecule has 1 aromatic carbocycles. The quantitative estimate of drug-likeness (QED) is 0.842. The number of halogens is 1. The van der Waals surface area contributed by atoms with Gasteiger partial charge in [0.25, 0.3) is 0 Å². The monoisotopic (exact) mass is 313 g/mol. The maximum absolute atomic E-state index is 12.0. The van der Waals surface area contributed by atoms with Crippen LogP contribution in [0.2, 0.25) is 0 Å². The topological polar surface area (TPSA) is 66.4 Å². The minimum Gasteiger partial charge on any atom is -0.481 e. The number of hydrogen-bond acceptors (Lipinski definition) is 2. The highest BCUT2D eigenvalue weighted by Crippen LogP contribution is 2.27. The van der Waals surface area contributed by atoms with Gasteiger partial charge in [0, 0.05) is 10.2 Å². The van der Waals surface area contributed by atoms with Crippen molar-refractivity contribution >= 4 is 33.5 Å². The van der Waals surface area contributed by atoms with Crippen molar-refractivity contribution in [2.45, 2.75) is 20.8 Å². The van der Waals surface area contributed by atoms with Crippen LogP contribution in [0.15, 0.2) is 28.7 Å². The highest BCUT2D eigenvalue weighted by atomic mass is 79.9. The molecule has 0 heterocycles. The summed E-state index contributed by atoms with van der Waals surface area (Å²) in [6, 6.07) is 6.98. The minimum atomic E-state index is -1.11. The summed E-state index contributed by atoms with van der Waals surface area (Å²) in [5, 5.41) is 11.7. The zero-order chi connectivity index (χ0) is 13.9. The fourth-order valence-electron chi connectivity index (χ4n) is 1.62. The van der Waals surface area contributed by atoms with Crippen molar-refractivity contribution in [3.63, 3.8) is 0 Å². The van der Waals surface area contributed by atoms with E-state index < -0.39 is 23.2 Å². The second-order valence-electron chi connectivity index (χ2n) is 5.13. The average molecular weight is 314 g/mol. The van der Waals surface area contributed by atoms with E-state index in [1.165, 1.54) is 0 Å². The molecule has 4 nitrogen and oxygen atoms in total. The fraction of sp³-hybridized carbons (Fsp3) is 0.385. The number of carboxylic acid groups (broad SMARTS) is 1. The third kappa shape index (κ3) is 3.84. The van der Waals surface area contributed by atoms with Crippen LogP contribution in [-0.2, 0) is 9.59 Å². The summed E-state index contributed by atoms with van der Waals surface area (Å²) in [5.74, 6) is -2.70. The summed E-state index contributed by atoms with van der Waals surface area (Å²) in [4.78, 5) is 23.1. The molecule has 0 radical (unpaired) electrons. The van der Waals surface area contributed by atoms with Gasteiger partial charge in [-0.25, -0.2) is 0 Å². The molecule has 1 aromatic rings. The number of aliphatic carboxylic acids is 1. The van der Waals surface area contributed by atoms with E-state index in [1.807, 2.05) is 0 Å². The van der Waals surface area contributed by atoms with E-state index in [-0.39, 0.29) is 0 Å². The first kappa shape index (κ1) is 14.7. The third-order valence-corrected chi connectivity index (χ3v) is 3.02. The van der Waals surface area contributed by atoms with E-state index in [0.717, 1.165) is 4.47 Å². The number of anilines is 1. The summed E-state index contributed by atoms with van der Waals surface area (Å²) in [6.45, 7) is 5.19.